The summed E-state index contributed by atoms with van der Waals surface area (Å²) in [6.45, 7) is 3.55. The van der Waals surface area contributed by atoms with Gasteiger partial charge in [-0.15, -0.1) is 12.6 Å². The fraction of sp³-hybridized carbons (Fsp3) is 0.800. The summed E-state index contributed by atoms with van der Waals surface area (Å²) in [4.78, 5) is 21.5. The van der Waals surface area contributed by atoms with Crippen LogP contribution in [-0.2, 0) is 19.1 Å². The molecule has 0 saturated heterocycles. The molecular weight excluding hydrogens is 216 g/mol. The summed E-state index contributed by atoms with van der Waals surface area (Å²) >= 11 is 4.08. The predicted octanol–water partition coefficient (Wildman–Crippen LogP) is 1.93. The minimum absolute atomic E-state index is 0.180. The number of esters is 2. The third-order valence-corrected chi connectivity index (χ3v) is 2.05. The molecular formula is C10H18O4S. The molecule has 0 aromatic carbocycles. The minimum Gasteiger partial charge on any atom is -0.466 e. The number of hydrogen-bond acceptors (Lipinski definition) is 5. The van der Waals surface area contributed by atoms with Gasteiger partial charge in [-0.25, -0.2) is 0 Å². The van der Waals surface area contributed by atoms with Crippen LogP contribution < -0.4 is 0 Å². The van der Waals surface area contributed by atoms with Crippen LogP contribution in [0.2, 0.25) is 0 Å². The van der Waals surface area contributed by atoms with Gasteiger partial charge in [0.1, 0.15) is 5.44 Å². The molecule has 15 heavy (non-hydrogen) atoms. The molecule has 0 aliphatic heterocycles. The minimum atomic E-state index is -0.371. The average Bonchev–Trinajstić information content (AvgIpc) is 2.12. The molecule has 0 aromatic heterocycles. The quantitative estimate of drug-likeness (QED) is 0.316. The third kappa shape index (κ3) is 9.59. The molecule has 0 amide bonds. The molecule has 0 aliphatic carbocycles. The number of hydrogen-bond donors (Lipinski definition) is 1. The van der Waals surface area contributed by atoms with E-state index in [1.807, 2.05) is 0 Å². The second-order valence-electron chi connectivity index (χ2n) is 3.11. The van der Waals surface area contributed by atoms with Gasteiger partial charge in [-0.2, -0.15) is 0 Å². The highest BCUT2D eigenvalue weighted by Gasteiger charge is 2.07. The lowest BCUT2D eigenvalue weighted by atomic mass is 10.2. The van der Waals surface area contributed by atoms with E-state index in [1.54, 1.807) is 6.92 Å². The van der Waals surface area contributed by atoms with E-state index >= 15 is 0 Å². The number of carbonyl (C=O) groups excluding carboxylic acids is 2. The van der Waals surface area contributed by atoms with Crippen LogP contribution in [0.4, 0.5) is 0 Å². The Morgan fingerprint density at radius 1 is 1.33 bits per heavy atom. The van der Waals surface area contributed by atoms with Gasteiger partial charge in [-0.1, -0.05) is 0 Å². The summed E-state index contributed by atoms with van der Waals surface area (Å²) in [5.41, 5.74) is -0.371. The maximum absolute atomic E-state index is 10.9. The third-order valence-electron chi connectivity index (χ3n) is 1.69. The normalized spacial score (nSPS) is 11.9. The van der Waals surface area contributed by atoms with Crippen molar-refractivity contribution in [2.45, 2.75) is 45.0 Å². The molecule has 0 saturated carbocycles. The van der Waals surface area contributed by atoms with E-state index in [0.717, 1.165) is 12.8 Å². The highest BCUT2D eigenvalue weighted by molar-refractivity contribution is 7.80. The van der Waals surface area contributed by atoms with Gasteiger partial charge in [-0.05, 0) is 26.2 Å². The molecule has 0 aromatic rings. The molecule has 88 valence electrons. The first-order valence-electron chi connectivity index (χ1n) is 5.07. The van der Waals surface area contributed by atoms with Crippen molar-refractivity contribution < 1.29 is 19.1 Å². The highest BCUT2D eigenvalue weighted by Crippen LogP contribution is 2.10. The lowest BCUT2D eigenvalue weighted by molar-refractivity contribution is -0.144. The van der Waals surface area contributed by atoms with Crippen LogP contribution >= 0.6 is 12.6 Å². The van der Waals surface area contributed by atoms with Crippen LogP contribution in [0.3, 0.4) is 0 Å². The monoisotopic (exact) mass is 234 g/mol. The number of unbranched alkanes of at least 4 members (excludes halogenated alkanes) is 1. The van der Waals surface area contributed by atoms with Gasteiger partial charge in [0, 0.05) is 13.3 Å². The van der Waals surface area contributed by atoms with E-state index in [4.69, 9.17) is 9.47 Å². The largest absolute Gasteiger partial charge is 0.466 e. The maximum atomic E-state index is 10.9. The Labute approximate surface area is 95.7 Å². The molecule has 0 rings (SSSR count). The molecule has 0 heterocycles. The van der Waals surface area contributed by atoms with Gasteiger partial charge in [0.25, 0.3) is 0 Å². The summed E-state index contributed by atoms with van der Waals surface area (Å²) in [7, 11) is 0. The lowest BCUT2D eigenvalue weighted by Crippen LogP contribution is -2.10. The van der Waals surface area contributed by atoms with Gasteiger partial charge in [-0.3, -0.25) is 9.59 Å². The van der Waals surface area contributed by atoms with Crippen LogP contribution in [0, 0.1) is 0 Å². The fourth-order valence-corrected chi connectivity index (χ4v) is 1.40. The molecule has 0 N–H and O–H groups in total. The number of thiol groups is 1. The lowest BCUT2D eigenvalue weighted by Gasteiger charge is -2.09. The van der Waals surface area contributed by atoms with Crippen molar-refractivity contribution in [1.29, 1.82) is 0 Å². The molecule has 5 heteroatoms. The Kier molecular flexibility index (Phi) is 8.18. The Hall–Kier alpha value is -0.710. The Morgan fingerprint density at radius 3 is 2.53 bits per heavy atom. The van der Waals surface area contributed by atoms with Crippen molar-refractivity contribution >= 4 is 24.6 Å². The van der Waals surface area contributed by atoms with Crippen LogP contribution in [0.1, 0.15) is 39.5 Å². The molecule has 0 fully saturated rings. The van der Waals surface area contributed by atoms with Gasteiger partial charge in [0.15, 0.2) is 0 Å². The zero-order chi connectivity index (χ0) is 11.7. The Balaban J connectivity index is 3.37. The van der Waals surface area contributed by atoms with Crippen LogP contribution in [0.5, 0.6) is 0 Å². The van der Waals surface area contributed by atoms with Gasteiger partial charge < -0.3 is 9.47 Å². The average molecular weight is 234 g/mol. The van der Waals surface area contributed by atoms with Crippen molar-refractivity contribution in [1.82, 2.24) is 0 Å². The highest BCUT2D eigenvalue weighted by atomic mass is 32.1. The molecule has 4 nitrogen and oxygen atoms in total. The number of rotatable bonds is 7. The van der Waals surface area contributed by atoms with Crippen LogP contribution in [-0.4, -0.2) is 24.0 Å². The second kappa shape index (κ2) is 8.59. The summed E-state index contributed by atoms with van der Waals surface area (Å²) in [5, 5.41) is 0. The summed E-state index contributed by atoms with van der Waals surface area (Å²) in [6.07, 6.45) is 2.59. The second-order valence-corrected chi connectivity index (χ2v) is 3.69. The zero-order valence-electron chi connectivity index (χ0n) is 9.19. The summed E-state index contributed by atoms with van der Waals surface area (Å²) in [6, 6.07) is 0. The molecule has 0 bridgehead atoms. The smallest absolute Gasteiger partial charge is 0.305 e. The van der Waals surface area contributed by atoms with Crippen molar-refractivity contribution in [3.05, 3.63) is 0 Å². The molecule has 1 unspecified atom stereocenters. The van der Waals surface area contributed by atoms with Crippen molar-refractivity contribution in [2.24, 2.45) is 0 Å². The first-order chi connectivity index (χ1) is 7.06. The molecule has 1 atom stereocenters. The molecule has 0 radical (unpaired) electrons. The van der Waals surface area contributed by atoms with E-state index in [1.165, 1.54) is 6.92 Å². The van der Waals surface area contributed by atoms with E-state index < -0.39 is 0 Å². The first kappa shape index (κ1) is 14.3. The van der Waals surface area contributed by atoms with Gasteiger partial charge in [0.2, 0.25) is 0 Å². The Bertz CT molecular complexity index is 206. The topological polar surface area (TPSA) is 52.6 Å². The van der Waals surface area contributed by atoms with E-state index in [0.29, 0.717) is 19.4 Å². The molecule has 0 spiro atoms. The van der Waals surface area contributed by atoms with Crippen LogP contribution in [0.25, 0.3) is 0 Å². The number of ether oxygens (including phenoxy) is 2. The predicted molar refractivity (Wildman–Crippen MR) is 59.6 cm³/mol. The van der Waals surface area contributed by atoms with Crippen LogP contribution in [0.15, 0.2) is 0 Å². The first-order valence-corrected chi connectivity index (χ1v) is 5.58. The van der Waals surface area contributed by atoms with Crippen molar-refractivity contribution in [2.75, 3.05) is 6.61 Å². The van der Waals surface area contributed by atoms with E-state index in [9.17, 15) is 9.59 Å². The number of carbonyl (C=O) groups is 2. The summed E-state index contributed by atoms with van der Waals surface area (Å²) < 4.78 is 9.58. The fourth-order valence-electron chi connectivity index (χ4n) is 1.07. The standard InChI is InChI=1S/C10H18O4S/c1-3-13-9(12)6-4-5-7-10(15)14-8(2)11/h10,15H,3-7H2,1-2H3. The van der Waals surface area contributed by atoms with E-state index in [2.05, 4.69) is 12.6 Å². The van der Waals surface area contributed by atoms with Gasteiger partial charge >= 0.3 is 11.9 Å². The molecule has 0 aliphatic rings. The zero-order valence-corrected chi connectivity index (χ0v) is 10.1. The maximum Gasteiger partial charge on any atom is 0.305 e. The van der Waals surface area contributed by atoms with E-state index in [-0.39, 0.29) is 17.4 Å². The van der Waals surface area contributed by atoms with Crippen molar-refractivity contribution in [3.63, 3.8) is 0 Å². The van der Waals surface area contributed by atoms with Crippen molar-refractivity contribution in [3.8, 4) is 0 Å². The Morgan fingerprint density at radius 2 is 2.00 bits per heavy atom. The SMILES string of the molecule is CCOC(=O)CCCCC(S)OC(C)=O. The van der Waals surface area contributed by atoms with Gasteiger partial charge in [0.05, 0.1) is 6.61 Å². The summed E-state index contributed by atoms with van der Waals surface area (Å²) in [5.74, 6) is -0.513.